The molecule has 0 heterocycles. The van der Waals surface area contributed by atoms with Crippen LogP contribution in [0.2, 0.25) is 0 Å². The Morgan fingerprint density at radius 1 is 0.880 bits per heavy atom. The summed E-state index contributed by atoms with van der Waals surface area (Å²) in [6, 6.07) is 18.1. The Hall–Kier alpha value is -0.179. The molecule has 1 N–H and O–H groups in total. The third-order valence-electron chi connectivity index (χ3n) is 2.76. The van der Waals surface area contributed by atoms with Gasteiger partial charge in [0.25, 0.3) is 0 Å². The summed E-state index contributed by atoms with van der Waals surface area (Å²) in [6.07, 6.45) is 2.76. The van der Waals surface area contributed by atoms with E-state index in [2.05, 4.69) is 4.74 Å². The van der Waals surface area contributed by atoms with E-state index in [1.807, 2.05) is 36.4 Å². The smallest absolute Gasteiger partial charge is 1.00 e. The van der Waals surface area contributed by atoms with E-state index in [9.17, 15) is 9.59 Å². The summed E-state index contributed by atoms with van der Waals surface area (Å²) < 4.78 is 4.58. The largest absolute Gasteiger partial charge is 1.00 e. The zero-order valence-corrected chi connectivity index (χ0v) is 19.5. The van der Waals surface area contributed by atoms with Gasteiger partial charge in [-0.3, -0.25) is 4.79 Å². The fourth-order valence-electron chi connectivity index (χ4n) is 1.76. The zero-order chi connectivity index (χ0) is 15.8. The van der Waals surface area contributed by atoms with Gasteiger partial charge in [0.05, 0.1) is 0 Å². The van der Waals surface area contributed by atoms with E-state index in [4.69, 9.17) is 5.11 Å². The first-order valence-electron chi connectivity index (χ1n) is 6.60. The van der Waals surface area contributed by atoms with Crippen molar-refractivity contribution < 1.29 is 113 Å². The van der Waals surface area contributed by atoms with Crippen LogP contribution in [0.25, 0.3) is 12.2 Å². The van der Waals surface area contributed by atoms with Gasteiger partial charge in [-0.15, -0.1) is 0 Å². The molecule has 0 bridgehead atoms. The summed E-state index contributed by atoms with van der Waals surface area (Å²) in [4.78, 5) is 22.9. The first-order valence-corrected chi connectivity index (χ1v) is 6.60. The van der Waals surface area contributed by atoms with Crippen molar-refractivity contribution >= 4 is 24.1 Å². The van der Waals surface area contributed by atoms with Gasteiger partial charge in [-0.05, 0) is 23.3 Å². The fraction of sp³-hybridized carbons (Fsp3) is 0. The topological polar surface area (TPSA) is 63.6 Å². The van der Waals surface area contributed by atoms with Gasteiger partial charge in [0.1, 0.15) is 0 Å². The molecule has 0 spiro atoms. The van der Waals surface area contributed by atoms with E-state index in [1.54, 1.807) is 30.3 Å². The summed E-state index contributed by atoms with van der Waals surface area (Å²) in [5, 5.41) is 8.76. The quantitative estimate of drug-likeness (QED) is 0.264. The monoisotopic (exact) mass is 546 g/mol. The van der Waals surface area contributed by atoms with Crippen molar-refractivity contribution in [3.05, 3.63) is 83.6 Å². The number of rotatable bonds is 5. The second-order valence-electron chi connectivity index (χ2n) is 4.40. The summed E-state index contributed by atoms with van der Waals surface area (Å²) in [5.74, 6) is -0.763. The predicted molar refractivity (Wildman–Crippen MR) is 85.1 cm³/mol. The van der Waals surface area contributed by atoms with Crippen LogP contribution < -0.4 is 51.4 Å². The maximum absolute atomic E-state index is 12.1. The molecule has 2 aromatic rings. The molecule has 0 atom stereocenters. The van der Waals surface area contributed by atoms with Crippen LogP contribution in [0.5, 0.6) is 0 Å². The minimum absolute atomic E-state index is 0. The second-order valence-corrected chi connectivity index (χ2v) is 4.40. The molecular weight excluding hydrogens is 532 g/mol. The molecule has 2 rings (SSSR count). The van der Waals surface area contributed by atoms with Crippen LogP contribution in [0.1, 0.15) is 12.6 Å². The first-order chi connectivity index (χ1) is 10.6. The second kappa shape index (κ2) is 14.9. The maximum atomic E-state index is 12.1. The van der Waals surface area contributed by atoms with Crippen molar-refractivity contribution in [3.63, 3.8) is 0 Å². The summed E-state index contributed by atoms with van der Waals surface area (Å²) >= 11 is 0. The number of carbonyl (C=O) groups is 2. The van der Waals surface area contributed by atoms with Crippen molar-refractivity contribution in [2.24, 2.45) is 0 Å². The molecule has 0 saturated heterocycles. The Morgan fingerprint density at radius 3 is 1.84 bits per heavy atom. The molecule has 25 heavy (non-hydrogen) atoms. The molecule has 0 radical (unpaired) electrons. The molecular formula is C18H15KO4Pd2. The van der Waals surface area contributed by atoms with Gasteiger partial charge >= 0.3 is 57.5 Å². The normalized spacial score (nSPS) is 10.0. The molecule has 0 saturated carbocycles. The van der Waals surface area contributed by atoms with Gasteiger partial charge < -0.3 is 11.3 Å². The molecule has 0 amide bonds. The predicted octanol–water partition coefficient (Wildman–Crippen LogP) is 1.12. The Labute approximate surface area is 217 Å². The van der Waals surface area contributed by atoms with E-state index in [0.29, 0.717) is 5.56 Å². The van der Waals surface area contributed by atoms with Crippen LogP contribution in [0.3, 0.4) is 0 Å². The fourth-order valence-corrected chi connectivity index (χ4v) is 1.76. The molecule has 4 nitrogen and oxygen atoms in total. The van der Waals surface area contributed by atoms with Crippen LogP contribution in [0.4, 0.5) is 4.79 Å². The van der Waals surface area contributed by atoms with Crippen LogP contribution in [-0.4, -0.2) is 17.0 Å². The summed E-state index contributed by atoms with van der Waals surface area (Å²) in [6.45, 7) is 0. The number of hydrogen-bond donors (Lipinski definition) is 1. The zero-order valence-electron chi connectivity index (χ0n) is 14.3. The van der Waals surface area contributed by atoms with Gasteiger partial charge in [-0.25, -0.2) is 4.79 Å². The van der Waals surface area contributed by atoms with Crippen molar-refractivity contribution in [1.29, 1.82) is 0 Å². The van der Waals surface area contributed by atoms with Gasteiger partial charge in [-0.1, -0.05) is 66.7 Å². The molecule has 0 aliphatic carbocycles. The minimum Gasteiger partial charge on any atom is -1.00 e. The average molecular weight is 547 g/mol. The van der Waals surface area contributed by atoms with Crippen LogP contribution >= 0.6 is 0 Å². The SMILES string of the molecule is O=C(O)OC(=Cc1ccccc1)C(=O)C=Cc1ccccc1.[H-].[K+].[Pd].[Pd]. The van der Waals surface area contributed by atoms with Crippen LogP contribution in [-0.2, 0) is 50.4 Å². The Balaban J connectivity index is -0.00000132. The van der Waals surface area contributed by atoms with Crippen molar-refractivity contribution in [2.45, 2.75) is 0 Å². The Kier molecular flexibility index (Phi) is 16.2. The van der Waals surface area contributed by atoms with Gasteiger partial charge in [0.2, 0.25) is 5.78 Å². The molecule has 0 aliphatic rings. The molecule has 2 aromatic carbocycles. The summed E-state index contributed by atoms with van der Waals surface area (Å²) in [5.41, 5.74) is 1.52. The van der Waals surface area contributed by atoms with Crippen LogP contribution in [0.15, 0.2) is 72.5 Å². The number of ketones is 1. The van der Waals surface area contributed by atoms with Crippen molar-refractivity contribution in [2.75, 3.05) is 0 Å². The molecule has 0 aromatic heterocycles. The van der Waals surface area contributed by atoms with E-state index in [0.717, 1.165) is 5.56 Å². The minimum atomic E-state index is -1.52. The number of allylic oxidation sites excluding steroid dienone is 1. The van der Waals surface area contributed by atoms with Gasteiger partial charge in [0, 0.05) is 40.8 Å². The molecule has 0 unspecified atom stereocenters. The number of carboxylic acid groups (broad SMARTS) is 1. The van der Waals surface area contributed by atoms with E-state index in [-0.39, 0.29) is 99.4 Å². The van der Waals surface area contributed by atoms with E-state index < -0.39 is 11.9 Å². The standard InChI is InChI=1S/C18H14O4.K.2Pd.H/c19-16(12-11-14-7-3-1-4-8-14)17(22-18(20)21)13-15-9-5-2-6-10-15;;;;/h1-13H,(H,20,21);;;;/q;+1;;;-1. The Bertz CT molecular complexity index is 722. The molecule has 0 aliphatic heterocycles. The van der Waals surface area contributed by atoms with E-state index >= 15 is 0 Å². The Morgan fingerprint density at radius 2 is 1.36 bits per heavy atom. The van der Waals surface area contributed by atoms with Crippen molar-refractivity contribution in [3.8, 4) is 0 Å². The third kappa shape index (κ3) is 10.5. The van der Waals surface area contributed by atoms with Crippen LogP contribution in [0, 0.1) is 0 Å². The van der Waals surface area contributed by atoms with Gasteiger partial charge in [-0.2, -0.15) is 0 Å². The summed E-state index contributed by atoms with van der Waals surface area (Å²) in [7, 11) is 0. The number of carbonyl (C=O) groups excluding carboxylic acids is 1. The van der Waals surface area contributed by atoms with E-state index in [1.165, 1.54) is 12.2 Å². The molecule has 7 heteroatoms. The molecule has 132 valence electrons. The first kappa shape index (κ1) is 27.0. The number of hydrogen-bond acceptors (Lipinski definition) is 3. The van der Waals surface area contributed by atoms with Crippen molar-refractivity contribution in [1.82, 2.24) is 0 Å². The average Bonchev–Trinajstić information content (AvgIpc) is 2.53. The number of ether oxygens (including phenoxy) is 1. The third-order valence-corrected chi connectivity index (χ3v) is 2.76. The maximum Gasteiger partial charge on any atom is 1.00 e. The number of benzene rings is 2. The molecule has 0 fully saturated rings. The van der Waals surface area contributed by atoms with Gasteiger partial charge in [0.15, 0.2) is 5.76 Å².